The fraction of sp³-hybridized carbons (Fsp3) is 0.355. The van der Waals surface area contributed by atoms with Gasteiger partial charge in [-0.15, -0.1) is 0 Å². The van der Waals surface area contributed by atoms with E-state index in [-0.39, 0.29) is 5.91 Å². The minimum atomic E-state index is -0.268. The minimum absolute atomic E-state index is 0.268. The van der Waals surface area contributed by atoms with E-state index >= 15 is 0 Å². The van der Waals surface area contributed by atoms with Crippen LogP contribution in [0.1, 0.15) is 26.7 Å². The molecule has 0 unspecified atom stereocenters. The zero-order valence-corrected chi connectivity index (χ0v) is 24.2. The first-order valence-electron chi connectivity index (χ1n) is 14.1. The Balaban J connectivity index is 1.43. The number of amides is 1. The third kappa shape index (κ3) is 6.02. The Morgan fingerprint density at radius 2 is 1.90 bits per heavy atom. The number of hydrogen-bond donors (Lipinski definition) is 2. The second kappa shape index (κ2) is 12.4. The van der Waals surface area contributed by atoms with Crippen LogP contribution in [0, 0.1) is 0 Å². The van der Waals surface area contributed by atoms with Gasteiger partial charge in [0.1, 0.15) is 17.9 Å². The number of aromatic nitrogens is 4. The summed E-state index contributed by atoms with van der Waals surface area (Å²) < 4.78 is 7.66. The summed E-state index contributed by atoms with van der Waals surface area (Å²) in [4.78, 5) is 26.2. The Hall–Kier alpha value is -4.44. The first-order chi connectivity index (χ1) is 19.9. The van der Waals surface area contributed by atoms with Crippen molar-refractivity contribution in [1.82, 2.24) is 24.6 Å². The number of methoxy groups -OCH3 is 1. The highest BCUT2D eigenvalue weighted by Gasteiger charge is 2.26. The van der Waals surface area contributed by atoms with Gasteiger partial charge in [0.15, 0.2) is 0 Å². The number of nitrogens with zero attached hydrogens (tertiary/aromatic N) is 6. The summed E-state index contributed by atoms with van der Waals surface area (Å²) in [7, 11) is 3.57. The number of piperidine rings is 1. The molecule has 0 atom stereocenters. The molecule has 41 heavy (non-hydrogen) atoms. The van der Waals surface area contributed by atoms with Crippen LogP contribution in [0.4, 0.5) is 22.9 Å². The van der Waals surface area contributed by atoms with Crippen LogP contribution < -0.4 is 20.3 Å². The van der Waals surface area contributed by atoms with Crippen LogP contribution in [-0.2, 0) is 11.8 Å². The lowest BCUT2D eigenvalue weighted by Crippen LogP contribution is -2.45. The van der Waals surface area contributed by atoms with Crippen LogP contribution >= 0.6 is 0 Å². The van der Waals surface area contributed by atoms with E-state index in [0.29, 0.717) is 29.0 Å². The van der Waals surface area contributed by atoms with Crippen LogP contribution in [0.25, 0.3) is 22.2 Å². The summed E-state index contributed by atoms with van der Waals surface area (Å²) >= 11 is 0. The predicted molar refractivity (Wildman–Crippen MR) is 165 cm³/mol. The third-order valence-corrected chi connectivity index (χ3v) is 7.87. The molecule has 0 saturated carbocycles. The van der Waals surface area contributed by atoms with Crippen LogP contribution in [0.2, 0.25) is 0 Å². The number of ether oxygens (including phenoxy) is 1. The summed E-state index contributed by atoms with van der Waals surface area (Å²) in [5, 5.41) is 11.8. The van der Waals surface area contributed by atoms with Crippen molar-refractivity contribution in [2.75, 3.05) is 48.8 Å². The zero-order chi connectivity index (χ0) is 28.9. The van der Waals surface area contributed by atoms with Gasteiger partial charge in [-0.2, -0.15) is 5.10 Å². The Kier molecular flexibility index (Phi) is 8.49. The molecule has 2 N–H and O–H groups in total. The highest BCUT2D eigenvalue weighted by atomic mass is 16.5. The largest absolute Gasteiger partial charge is 0.494 e. The standard InChI is InChI=1S/C31H38N8O2/c1-6-31(40)36-25-16-26(29(41-5)18-28(25)39-13-11-23(12-14-39)38(7-2)8-3)35-30-17-24(32-20-33-30)21-9-10-27-22(15-21)19-34-37(27)4/h6,9-10,15-20,23H,1,7-8,11-14H2,2-5H3,(H,36,40)(H,32,33,35). The maximum atomic E-state index is 12.4. The van der Waals surface area contributed by atoms with E-state index in [9.17, 15) is 4.79 Å². The average molecular weight is 555 g/mol. The van der Waals surface area contributed by atoms with Gasteiger partial charge in [-0.25, -0.2) is 9.97 Å². The number of carbonyl (C=O) groups excluding carboxylic acids is 1. The zero-order valence-electron chi connectivity index (χ0n) is 24.2. The van der Waals surface area contributed by atoms with Crippen LogP contribution in [-0.4, -0.2) is 69.9 Å². The molecule has 0 aliphatic carbocycles. The van der Waals surface area contributed by atoms with Crippen molar-refractivity contribution in [3.63, 3.8) is 0 Å². The number of carbonyl (C=O) groups is 1. The van der Waals surface area contributed by atoms with E-state index in [0.717, 1.165) is 66.9 Å². The fourth-order valence-electron chi connectivity index (χ4n) is 5.64. The number of aryl methyl sites for hydroxylation is 1. The molecular formula is C31H38N8O2. The number of nitrogens with one attached hydrogen (secondary N) is 2. The molecule has 1 aliphatic rings. The van der Waals surface area contributed by atoms with E-state index in [1.807, 2.05) is 48.3 Å². The molecule has 10 heteroatoms. The lowest BCUT2D eigenvalue weighted by atomic mass is 10.0. The predicted octanol–water partition coefficient (Wildman–Crippen LogP) is 5.22. The Bertz CT molecular complexity index is 1540. The van der Waals surface area contributed by atoms with Gasteiger partial charge in [-0.05, 0) is 50.2 Å². The second-order valence-electron chi connectivity index (χ2n) is 10.2. The van der Waals surface area contributed by atoms with Gasteiger partial charge in [0, 0.05) is 49.3 Å². The Labute approximate surface area is 241 Å². The van der Waals surface area contributed by atoms with E-state index in [2.05, 4.69) is 62.0 Å². The fourth-order valence-corrected chi connectivity index (χ4v) is 5.64. The molecule has 214 valence electrons. The Morgan fingerprint density at radius 1 is 1.12 bits per heavy atom. The quantitative estimate of drug-likeness (QED) is 0.258. The average Bonchev–Trinajstić information content (AvgIpc) is 3.38. The molecule has 1 amide bonds. The van der Waals surface area contributed by atoms with Crippen molar-refractivity contribution < 1.29 is 9.53 Å². The van der Waals surface area contributed by atoms with Gasteiger partial charge >= 0.3 is 0 Å². The van der Waals surface area contributed by atoms with Gasteiger partial charge in [-0.1, -0.05) is 26.5 Å². The summed E-state index contributed by atoms with van der Waals surface area (Å²) in [6.45, 7) is 12.0. The van der Waals surface area contributed by atoms with E-state index < -0.39 is 0 Å². The van der Waals surface area contributed by atoms with E-state index in [1.54, 1.807) is 7.11 Å². The minimum Gasteiger partial charge on any atom is -0.494 e. The summed E-state index contributed by atoms with van der Waals surface area (Å²) in [6.07, 6.45) is 6.79. The summed E-state index contributed by atoms with van der Waals surface area (Å²) in [6, 6.07) is 12.5. The maximum Gasteiger partial charge on any atom is 0.247 e. The molecule has 2 aromatic heterocycles. The van der Waals surface area contributed by atoms with Crippen LogP contribution in [0.5, 0.6) is 5.75 Å². The van der Waals surface area contributed by atoms with Crippen molar-refractivity contribution in [3.8, 4) is 17.0 Å². The van der Waals surface area contributed by atoms with Crippen molar-refractivity contribution >= 4 is 39.7 Å². The molecule has 5 rings (SSSR count). The van der Waals surface area contributed by atoms with Crippen molar-refractivity contribution in [1.29, 1.82) is 0 Å². The van der Waals surface area contributed by atoms with Gasteiger partial charge < -0.3 is 25.2 Å². The van der Waals surface area contributed by atoms with Crippen molar-refractivity contribution in [3.05, 3.63) is 61.6 Å². The van der Waals surface area contributed by atoms with Crippen LogP contribution in [0.15, 0.2) is 61.6 Å². The lowest BCUT2D eigenvalue weighted by Gasteiger charge is -2.39. The molecule has 1 saturated heterocycles. The second-order valence-corrected chi connectivity index (χ2v) is 10.2. The molecule has 10 nitrogen and oxygen atoms in total. The topological polar surface area (TPSA) is 100 Å². The highest BCUT2D eigenvalue weighted by Crippen LogP contribution is 2.40. The number of benzene rings is 2. The first kappa shape index (κ1) is 28.1. The SMILES string of the molecule is C=CC(=O)Nc1cc(Nc2cc(-c3ccc4c(cnn4C)c3)ncn2)c(OC)cc1N1CCC(N(CC)CC)CC1. The number of fused-ring (bicyclic) bond motifs is 1. The van der Waals surface area contributed by atoms with E-state index in [4.69, 9.17) is 4.74 Å². The Morgan fingerprint density at radius 3 is 2.61 bits per heavy atom. The number of anilines is 4. The smallest absolute Gasteiger partial charge is 0.247 e. The molecule has 0 radical (unpaired) electrons. The molecule has 4 aromatic rings. The molecule has 1 aliphatic heterocycles. The molecular weight excluding hydrogens is 516 g/mol. The highest BCUT2D eigenvalue weighted by molar-refractivity contribution is 6.02. The van der Waals surface area contributed by atoms with Crippen molar-refractivity contribution in [2.24, 2.45) is 7.05 Å². The van der Waals surface area contributed by atoms with Crippen LogP contribution in [0.3, 0.4) is 0 Å². The third-order valence-electron chi connectivity index (χ3n) is 7.87. The summed E-state index contributed by atoms with van der Waals surface area (Å²) in [5.41, 5.74) is 5.09. The van der Waals surface area contributed by atoms with E-state index in [1.165, 1.54) is 12.4 Å². The van der Waals surface area contributed by atoms with Gasteiger partial charge in [0.2, 0.25) is 5.91 Å². The summed E-state index contributed by atoms with van der Waals surface area (Å²) in [5.74, 6) is 0.989. The van der Waals surface area contributed by atoms with Gasteiger partial charge in [-0.3, -0.25) is 9.48 Å². The lowest BCUT2D eigenvalue weighted by molar-refractivity contribution is -0.111. The van der Waals surface area contributed by atoms with Gasteiger partial charge in [0.25, 0.3) is 0 Å². The first-order valence-corrected chi connectivity index (χ1v) is 14.1. The van der Waals surface area contributed by atoms with Crippen molar-refractivity contribution in [2.45, 2.75) is 32.7 Å². The molecule has 1 fully saturated rings. The molecule has 2 aromatic carbocycles. The maximum absolute atomic E-state index is 12.4. The monoisotopic (exact) mass is 554 g/mol. The number of rotatable bonds is 10. The van der Waals surface area contributed by atoms with Gasteiger partial charge in [0.05, 0.1) is 41.6 Å². The molecule has 0 spiro atoms. The molecule has 0 bridgehead atoms. The normalized spacial score (nSPS) is 13.9. The molecule has 3 heterocycles. The number of hydrogen-bond acceptors (Lipinski definition) is 8.